The van der Waals surface area contributed by atoms with E-state index in [0.717, 1.165) is 11.3 Å². The lowest BCUT2D eigenvalue weighted by atomic mass is 10.2. The topological polar surface area (TPSA) is 78.5 Å². The monoisotopic (exact) mass is 323 g/mol. The van der Waals surface area contributed by atoms with Gasteiger partial charge in [-0.15, -0.1) is 11.3 Å². The number of rotatable bonds is 6. The molecule has 7 heteroatoms. The van der Waals surface area contributed by atoms with E-state index in [9.17, 15) is 14.4 Å². The van der Waals surface area contributed by atoms with E-state index in [1.54, 1.807) is 4.90 Å². The number of carbonyl (C=O) groups excluding carboxylic acids is 3. The number of carbonyl (C=O) groups is 3. The van der Waals surface area contributed by atoms with Gasteiger partial charge < -0.3 is 15.5 Å². The van der Waals surface area contributed by atoms with Crippen LogP contribution in [-0.4, -0.2) is 48.3 Å². The van der Waals surface area contributed by atoms with Gasteiger partial charge in [-0.1, -0.05) is 6.07 Å². The van der Waals surface area contributed by atoms with Gasteiger partial charge in [-0.25, -0.2) is 0 Å². The molecule has 2 rings (SSSR count). The van der Waals surface area contributed by atoms with Gasteiger partial charge in [0.25, 0.3) is 0 Å². The molecule has 0 bridgehead atoms. The SMILES string of the molecule is CCNC(=O)CNC(=O)C1CCCN1C(=O)Cc1cccs1. The highest BCUT2D eigenvalue weighted by molar-refractivity contribution is 7.10. The van der Waals surface area contributed by atoms with Gasteiger partial charge in [0.2, 0.25) is 17.7 Å². The first-order chi connectivity index (χ1) is 10.6. The Morgan fingerprint density at radius 1 is 1.36 bits per heavy atom. The third-order valence-electron chi connectivity index (χ3n) is 3.58. The second-order valence-corrected chi connectivity index (χ2v) is 6.20. The van der Waals surface area contributed by atoms with E-state index in [1.165, 1.54) is 11.3 Å². The maximum Gasteiger partial charge on any atom is 0.243 e. The Bertz CT molecular complexity index is 530. The van der Waals surface area contributed by atoms with Gasteiger partial charge in [0.05, 0.1) is 13.0 Å². The number of thiophene rings is 1. The highest BCUT2D eigenvalue weighted by Crippen LogP contribution is 2.20. The zero-order valence-corrected chi connectivity index (χ0v) is 13.4. The fourth-order valence-corrected chi connectivity index (χ4v) is 3.24. The predicted molar refractivity (Wildman–Crippen MR) is 84.5 cm³/mol. The van der Waals surface area contributed by atoms with Crippen LogP contribution in [-0.2, 0) is 20.8 Å². The van der Waals surface area contributed by atoms with E-state index in [2.05, 4.69) is 10.6 Å². The van der Waals surface area contributed by atoms with Gasteiger partial charge in [-0.05, 0) is 31.2 Å². The van der Waals surface area contributed by atoms with Crippen LogP contribution in [0.15, 0.2) is 17.5 Å². The van der Waals surface area contributed by atoms with Crippen LogP contribution in [0.4, 0.5) is 0 Å². The van der Waals surface area contributed by atoms with Crippen molar-refractivity contribution in [1.82, 2.24) is 15.5 Å². The molecule has 22 heavy (non-hydrogen) atoms. The first-order valence-electron chi connectivity index (χ1n) is 7.48. The summed E-state index contributed by atoms with van der Waals surface area (Å²) in [5, 5.41) is 7.17. The Labute approximate surface area is 133 Å². The number of nitrogens with one attached hydrogen (secondary N) is 2. The number of likely N-dealkylation sites (N-methyl/N-ethyl adjacent to an activating group) is 1. The molecule has 0 radical (unpaired) electrons. The summed E-state index contributed by atoms with van der Waals surface area (Å²) < 4.78 is 0. The molecule has 3 amide bonds. The van der Waals surface area contributed by atoms with E-state index in [-0.39, 0.29) is 24.3 Å². The smallest absolute Gasteiger partial charge is 0.243 e. The Morgan fingerprint density at radius 3 is 2.86 bits per heavy atom. The lowest BCUT2D eigenvalue weighted by Gasteiger charge is -2.23. The summed E-state index contributed by atoms with van der Waals surface area (Å²) in [6, 6.07) is 3.37. The number of amides is 3. The van der Waals surface area contributed by atoms with E-state index < -0.39 is 6.04 Å². The highest BCUT2D eigenvalue weighted by atomic mass is 32.1. The lowest BCUT2D eigenvalue weighted by molar-refractivity contribution is -0.138. The van der Waals surface area contributed by atoms with E-state index in [0.29, 0.717) is 25.9 Å². The van der Waals surface area contributed by atoms with Crippen molar-refractivity contribution in [1.29, 1.82) is 0 Å². The van der Waals surface area contributed by atoms with Crippen molar-refractivity contribution in [2.24, 2.45) is 0 Å². The molecule has 6 nitrogen and oxygen atoms in total. The predicted octanol–water partition coefficient (Wildman–Crippen LogP) is 0.534. The summed E-state index contributed by atoms with van der Waals surface area (Å²) in [6.07, 6.45) is 1.80. The third kappa shape index (κ3) is 4.30. The van der Waals surface area contributed by atoms with Gasteiger partial charge in [-0.2, -0.15) is 0 Å². The summed E-state index contributed by atoms with van der Waals surface area (Å²) in [5.41, 5.74) is 0. The molecule has 0 aromatic carbocycles. The van der Waals surface area contributed by atoms with Crippen molar-refractivity contribution in [2.45, 2.75) is 32.2 Å². The molecule has 1 saturated heterocycles. The minimum absolute atomic E-state index is 0.0295. The lowest BCUT2D eigenvalue weighted by Crippen LogP contribution is -2.48. The van der Waals surface area contributed by atoms with Crippen LogP contribution in [0.25, 0.3) is 0 Å². The normalized spacial score (nSPS) is 17.3. The van der Waals surface area contributed by atoms with Gasteiger partial charge >= 0.3 is 0 Å². The summed E-state index contributed by atoms with van der Waals surface area (Å²) in [5.74, 6) is -0.494. The second kappa shape index (κ2) is 7.93. The molecule has 2 N–H and O–H groups in total. The van der Waals surface area contributed by atoms with Crippen molar-refractivity contribution in [2.75, 3.05) is 19.6 Å². The standard InChI is InChI=1S/C15H21N3O3S/c1-2-16-13(19)10-17-15(21)12-6-3-7-18(12)14(20)9-11-5-4-8-22-11/h4-5,8,12H,2-3,6-7,9-10H2,1H3,(H,16,19)(H,17,21). The number of likely N-dealkylation sites (tertiary alicyclic amines) is 1. The molecule has 0 spiro atoms. The minimum Gasteiger partial charge on any atom is -0.355 e. The molecule has 1 fully saturated rings. The zero-order valence-electron chi connectivity index (χ0n) is 12.6. The fourth-order valence-electron chi connectivity index (χ4n) is 2.55. The van der Waals surface area contributed by atoms with Gasteiger partial charge in [0.15, 0.2) is 0 Å². The van der Waals surface area contributed by atoms with E-state index >= 15 is 0 Å². The van der Waals surface area contributed by atoms with Crippen molar-refractivity contribution in [3.8, 4) is 0 Å². The molecule has 0 saturated carbocycles. The van der Waals surface area contributed by atoms with Crippen molar-refractivity contribution in [3.05, 3.63) is 22.4 Å². The van der Waals surface area contributed by atoms with Crippen molar-refractivity contribution in [3.63, 3.8) is 0 Å². The average Bonchev–Trinajstić information content (AvgIpc) is 3.15. The summed E-state index contributed by atoms with van der Waals surface area (Å²) in [7, 11) is 0. The molecular weight excluding hydrogens is 302 g/mol. The quantitative estimate of drug-likeness (QED) is 0.802. The molecule has 1 aromatic heterocycles. The van der Waals surface area contributed by atoms with Crippen LogP contribution in [0.2, 0.25) is 0 Å². The zero-order chi connectivity index (χ0) is 15.9. The molecule has 1 aliphatic heterocycles. The molecular formula is C15H21N3O3S. The first kappa shape index (κ1) is 16.5. The summed E-state index contributed by atoms with van der Waals surface area (Å²) in [4.78, 5) is 38.5. The van der Waals surface area contributed by atoms with Gasteiger partial charge in [0.1, 0.15) is 6.04 Å². The number of hydrogen-bond donors (Lipinski definition) is 2. The van der Waals surface area contributed by atoms with Crippen molar-refractivity contribution < 1.29 is 14.4 Å². The fraction of sp³-hybridized carbons (Fsp3) is 0.533. The molecule has 120 valence electrons. The maximum atomic E-state index is 12.3. The Hall–Kier alpha value is -1.89. The largest absolute Gasteiger partial charge is 0.355 e. The Kier molecular flexibility index (Phi) is 5.94. The highest BCUT2D eigenvalue weighted by Gasteiger charge is 2.33. The minimum atomic E-state index is -0.457. The molecule has 0 aliphatic carbocycles. The Morgan fingerprint density at radius 2 is 2.18 bits per heavy atom. The van der Waals surface area contributed by atoms with Crippen LogP contribution in [0.1, 0.15) is 24.6 Å². The summed E-state index contributed by atoms with van der Waals surface area (Å²) >= 11 is 1.54. The van der Waals surface area contributed by atoms with Crippen LogP contribution in [0.3, 0.4) is 0 Å². The third-order valence-corrected chi connectivity index (χ3v) is 4.45. The molecule has 1 unspecified atom stereocenters. The van der Waals surface area contributed by atoms with Crippen LogP contribution < -0.4 is 10.6 Å². The van der Waals surface area contributed by atoms with Crippen LogP contribution in [0.5, 0.6) is 0 Å². The van der Waals surface area contributed by atoms with Crippen molar-refractivity contribution >= 4 is 29.1 Å². The molecule has 1 aromatic rings. The molecule has 1 atom stereocenters. The van der Waals surface area contributed by atoms with Gasteiger partial charge in [-0.3, -0.25) is 14.4 Å². The Balaban J connectivity index is 1.87. The number of nitrogens with zero attached hydrogens (tertiary/aromatic N) is 1. The molecule has 1 aliphatic rings. The van der Waals surface area contributed by atoms with Crippen LogP contribution in [0, 0.1) is 0 Å². The average molecular weight is 323 g/mol. The molecule has 2 heterocycles. The van der Waals surface area contributed by atoms with E-state index in [1.807, 2.05) is 24.4 Å². The van der Waals surface area contributed by atoms with Crippen LogP contribution >= 0.6 is 11.3 Å². The maximum absolute atomic E-state index is 12.3. The van der Waals surface area contributed by atoms with Gasteiger partial charge in [0, 0.05) is 18.0 Å². The van der Waals surface area contributed by atoms with E-state index in [4.69, 9.17) is 0 Å². The number of hydrogen-bond acceptors (Lipinski definition) is 4. The first-order valence-corrected chi connectivity index (χ1v) is 8.36. The second-order valence-electron chi connectivity index (χ2n) is 5.17. The summed E-state index contributed by atoms with van der Waals surface area (Å²) in [6.45, 7) is 2.91.